The first kappa shape index (κ1) is 21.4. The summed E-state index contributed by atoms with van der Waals surface area (Å²) in [7, 11) is 0. The summed E-state index contributed by atoms with van der Waals surface area (Å²) < 4.78 is 2.96. The van der Waals surface area contributed by atoms with Gasteiger partial charge in [-0.2, -0.15) is 0 Å². The van der Waals surface area contributed by atoms with Gasteiger partial charge in [-0.05, 0) is 60.7 Å². The van der Waals surface area contributed by atoms with E-state index in [-0.39, 0.29) is 18.1 Å². The standard InChI is InChI=1S/C24H17ClN6O3/c25-16-7-11-18(12-8-16)28-23(33)15-5-9-17(10-6-15)27-21(32)13-30-19-3-1-2-4-20(19)31-14-26-29-22(31)24(30)34/h1-12,14H,13H2,(H,27,32)(H,28,33). The van der Waals surface area contributed by atoms with Gasteiger partial charge in [0.15, 0.2) is 0 Å². The molecular formula is C24H17ClN6O3. The summed E-state index contributed by atoms with van der Waals surface area (Å²) in [5.41, 5.74) is 2.56. The molecular weight excluding hydrogens is 456 g/mol. The zero-order valence-corrected chi connectivity index (χ0v) is 18.4. The number of aromatic nitrogens is 4. The smallest absolute Gasteiger partial charge is 0.297 e. The van der Waals surface area contributed by atoms with Gasteiger partial charge in [0.1, 0.15) is 12.9 Å². The Morgan fingerprint density at radius 2 is 1.50 bits per heavy atom. The Kier molecular flexibility index (Phi) is 5.52. The summed E-state index contributed by atoms with van der Waals surface area (Å²) in [6.45, 7) is -0.207. The molecule has 5 rings (SSSR count). The first-order chi connectivity index (χ1) is 16.5. The van der Waals surface area contributed by atoms with Crippen LogP contribution in [0.15, 0.2) is 83.9 Å². The van der Waals surface area contributed by atoms with Crippen molar-refractivity contribution in [2.45, 2.75) is 6.54 Å². The molecule has 0 atom stereocenters. The van der Waals surface area contributed by atoms with E-state index in [0.717, 1.165) is 0 Å². The van der Waals surface area contributed by atoms with Crippen LogP contribution in [-0.2, 0) is 11.3 Å². The van der Waals surface area contributed by atoms with E-state index in [0.29, 0.717) is 33.0 Å². The number of carbonyl (C=O) groups excluding carboxylic acids is 2. The third-order valence-electron chi connectivity index (χ3n) is 5.25. The van der Waals surface area contributed by atoms with Gasteiger partial charge in [-0.15, -0.1) is 10.2 Å². The second-order valence-corrected chi connectivity index (χ2v) is 7.93. The highest BCUT2D eigenvalue weighted by molar-refractivity contribution is 6.30. The summed E-state index contributed by atoms with van der Waals surface area (Å²) in [4.78, 5) is 38.1. The number of anilines is 2. The van der Waals surface area contributed by atoms with Gasteiger partial charge in [0.2, 0.25) is 11.6 Å². The highest BCUT2D eigenvalue weighted by Crippen LogP contribution is 2.17. The zero-order valence-electron chi connectivity index (χ0n) is 17.6. The SMILES string of the molecule is O=C(Cn1c(=O)c2nncn2c2ccccc21)Nc1ccc(C(=O)Nc2ccc(Cl)cc2)cc1. The van der Waals surface area contributed by atoms with Crippen molar-refractivity contribution in [3.8, 4) is 0 Å². The minimum atomic E-state index is -0.416. The van der Waals surface area contributed by atoms with Crippen LogP contribution >= 0.6 is 11.6 Å². The first-order valence-corrected chi connectivity index (χ1v) is 10.7. The molecule has 2 N–H and O–H groups in total. The van der Waals surface area contributed by atoms with E-state index in [4.69, 9.17) is 11.6 Å². The van der Waals surface area contributed by atoms with E-state index in [9.17, 15) is 14.4 Å². The third kappa shape index (κ3) is 4.12. The maximum atomic E-state index is 12.9. The fourth-order valence-corrected chi connectivity index (χ4v) is 3.75. The van der Waals surface area contributed by atoms with E-state index in [2.05, 4.69) is 20.8 Å². The molecule has 0 saturated carbocycles. The quantitative estimate of drug-likeness (QED) is 0.406. The van der Waals surface area contributed by atoms with Crippen LogP contribution in [-0.4, -0.2) is 31.0 Å². The van der Waals surface area contributed by atoms with Crippen molar-refractivity contribution >= 4 is 51.5 Å². The number of rotatable bonds is 5. The molecule has 9 nitrogen and oxygen atoms in total. The number of benzene rings is 3. The summed E-state index contributed by atoms with van der Waals surface area (Å²) in [5.74, 6) is -0.686. The molecule has 0 fully saturated rings. The summed E-state index contributed by atoms with van der Waals surface area (Å²) in [6.07, 6.45) is 1.47. The molecule has 168 valence electrons. The van der Waals surface area contributed by atoms with Crippen molar-refractivity contribution in [3.63, 3.8) is 0 Å². The number of para-hydroxylation sites is 2. The Morgan fingerprint density at radius 1 is 0.853 bits per heavy atom. The van der Waals surface area contributed by atoms with Crippen LogP contribution in [0, 0.1) is 0 Å². The number of carbonyl (C=O) groups is 2. The van der Waals surface area contributed by atoms with Crippen LogP contribution in [0.3, 0.4) is 0 Å². The molecule has 2 amide bonds. The minimum Gasteiger partial charge on any atom is -0.325 e. The van der Waals surface area contributed by atoms with Crippen molar-refractivity contribution in [1.82, 2.24) is 19.2 Å². The predicted octanol–water partition coefficient (Wildman–Crippen LogP) is 3.59. The lowest BCUT2D eigenvalue weighted by molar-refractivity contribution is -0.116. The highest BCUT2D eigenvalue weighted by Gasteiger charge is 2.15. The molecule has 0 aliphatic rings. The molecule has 0 aliphatic carbocycles. The van der Waals surface area contributed by atoms with Crippen molar-refractivity contribution in [2.24, 2.45) is 0 Å². The van der Waals surface area contributed by atoms with Gasteiger partial charge in [-0.25, -0.2) is 0 Å². The zero-order chi connectivity index (χ0) is 23.7. The fraction of sp³-hybridized carbons (Fsp3) is 0.0417. The number of hydrogen-bond donors (Lipinski definition) is 2. The van der Waals surface area contributed by atoms with E-state index >= 15 is 0 Å². The summed E-state index contributed by atoms with van der Waals surface area (Å²) in [5, 5.41) is 13.8. The molecule has 0 bridgehead atoms. The monoisotopic (exact) mass is 472 g/mol. The Morgan fingerprint density at radius 3 is 2.24 bits per heavy atom. The molecule has 3 aromatic carbocycles. The van der Waals surface area contributed by atoms with Gasteiger partial charge in [-0.1, -0.05) is 23.7 Å². The molecule has 34 heavy (non-hydrogen) atoms. The van der Waals surface area contributed by atoms with E-state index in [1.54, 1.807) is 65.1 Å². The number of halogens is 1. The number of nitrogens with one attached hydrogen (secondary N) is 2. The van der Waals surface area contributed by atoms with E-state index < -0.39 is 11.5 Å². The Balaban J connectivity index is 1.32. The maximum Gasteiger partial charge on any atom is 0.297 e. The van der Waals surface area contributed by atoms with Gasteiger partial charge >= 0.3 is 0 Å². The topological polar surface area (TPSA) is 110 Å². The molecule has 2 heterocycles. The van der Waals surface area contributed by atoms with Crippen LogP contribution in [0.2, 0.25) is 5.02 Å². The Bertz CT molecular complexity index is 1590. The van der Waals surface area contributed by atoms with Gasteiger partial charge in [0.25, 0.3) is 11.5 Å². The lowest BCUT2D eigenvalue weighted by Gasteiger charge is -2.12. The van der Waals surface area contributed by atoms with Crippen molar-refractivity contribution < 1.29 is 9.59 Å². The normalized spacial score (nSPS) is 11.0. The van der Waals surface area contributed by atoms with Gasteiger partial charge < -0.3 is 10.6 Å². The molecule has 0 radical (unpaired) electrons. The van der Waals surface area contributed by atoms with Gasteiger partial charge in [0, 0.05) is 22.0 Å². The van der Waals surface area contributed by atoms with Crippen LogP contribution < -0.4 is 16.2 Å². The van der Waals surface area contributed by atoms with Crippen LogP contribution in [0.25, 0.3) is 16.7 Å². The number of nitrogens with zero attached hydrogens (tertiary/aromatic N) is 4. The van der Waals surface area contributed by atoms with Crippen molar-refractivity contribution in [2.75, 3.05) is 10.6 Å². The van der Waals surface area contributed by atoms with E-state index in [1.807, 2.05) is 12.1 Å². The second-order valence-electron chi connectivity index (χ2n) is 7.49. The lowest BCUT2D eigenvalue weighted by atomic mass is 10.2. The van der Waals surface area contributed by atoms with Crippen LogP contribution in [0.1, 0.15) is 10.4 Å². The molecule has 0 aliphatic heterocycles. The summed E-state index contributed by atoms with van der Waals surface area (Å²) >= 11 is 5.86. The number of amides is 2. The third-order valence-corrected chi connectivity index (χ3v) is 5.50. The molecule has 10 heteroatoms. The largest absolute Gasteiger partial charge is 0.325 e. The molecule has 0 unspecified atom stereocenters. The average Bonchev–Trinajstić information content (AvgIpc) is 3.34. The highest BCUT2D eigenvalue weighted by atomic mass is 35.5. The Labute approximate surface area is 197 Å². The molecule has 5 aromatic rings. The Hall–Kier alpha value is -4.50. The minimum absolute atomic E-state index is 0.141. The van der Waals surface area contributed by atoms with Crippen LogP contribution in [0.4, 0.5) is 11.4 Å². The van der Waals surface area contributed by atoms with Crippen LogP contribution in [0.5, 0.6) is 0 Å². The first-order valence-electron chi connectivity index (χ1n) is 10.3. The molecule has 2 aromatic heterocycles. The number of hydrogen-bond acceptors (Lipinski definition) is 5. The lowest BCUT2D eigenvalue weighted by Crippen LogP contribution is -2.29. The van der Waals surface area contributed by atoms with E-state index in [1.165, 1.54) is 10.9 Å². The molecule has 0 saturated heterocycles. The summed E-state index contributed by atoms with van der Waals surface area (Å²) in [6, 6.07) is 20.4. The maximum absolute atomic E-state index is 12.9. The fourth-order valence-electron chi connectivity index (χ4n) is 3.63. The average molecular weight is 473 g/mol. The van der Waals surface area contributed by atoms with Crippen molar-refractivity contribution in [1.29, 1.82) is 0 Å². The number of fused-ring (bicyclic) bond motifs is 3. The predicted molar refractivity (Wildman–Crippen MR) is 129 cm³/mol. The second kappa shape index (κ2) is 8.80. The van der Waals surface area contributed by atoms with Gasteiger partial charge in [-0.3, -0.25) is 23.4 Å². The molecule has 0 spiro atoms. The van der Waals surface area contributed by atoms with Gasteiger partial charge in [0.05, 0.1) is 11.0 Å². The van der Waals surface area contributed by atoms with Crippen molar-refractivity contribution in [3.05, 3.63) is 100 Å².